The summed E-state index contributed by atoms with van der Waals surface area (Å²) < 4.78 is 0. The molecular weight excluding hydrogens is 192 g/mol. The van der Waals surface area contributed by atoms with Crippen LogP contribution < -0.4 is 0 Å². The highest BCUT2D eigenvalue weighted by Crippen LogP contribution is 2.09. The monoisotopic (exact) mass is 206 g/mol. The van der Waals surface area contributed by atoms with Crippen LogP contribution >= 0.6 is 11.6 Å². The lowest BCUT2D eigenvalue weighted by molar-refractivity contribution is 0.957. The summed E-state index contributed by atoms with van der Waals surface area (Å²) in [5.41, 5.74) is 1.18. The quantitative estimate of drug-likeness (QED) is 0.631. The average Bonchev–Trinajstić information content (AvgIpc) is 2.25. The third-order valence-corrected chi connectivity index (χ3v) is 2.14. The van der Waals surface area contributed by atoms with Crippen molar-refractivity contribution in [1.82, 2.24) is 0 Å². The van der Waals surface area contributed by atoms with Crippen LogP contribution in [-0.2, 0) is 0 Å². The Hall–Kier alpha value is -1.01. The van der Waals surface area contributed by atoms with Gasteiger partial charge in [-0.2, -0.15) is 0 Å². The molecule has 0 aliphatic rings. The zero-order chi connectivity index (χ0) is 10.2. The van der Waals surface area contributed by atoms with Crippen molar-refractivity contribution in [3.63, 3.8) is 0 Å². The predicted molar refractivity (Wildman–Crippen MR) is 64.3 cm³/mol. The first-order valence-corrected chi connectivity index (χ1v) is 5.29. The van der Waals surface area contributed by atoms with Gasteiger partial charge in [-0.15, -0.1) is 0 Å². The van der Waals surface area contributed by atoms with E-state index in [0.717, 1.165) is 17.9 Å². The summed E-state index contributed by atoms with van der Waals surface area (Å²) in [5, 5.41) is 0.815. The van der Waals surface area contributed by atoms with E-state index < -0.39 is 0 Å². The van der Waals surface area contributed by atoms with Gasteiger partial charge in [-0.05, 0) is 18.1 Å². The summed E-state index contributed by atoms with van der Waals surface area (Å²) in [5.74, 6) is 0. The SMILES string of the molecule is CCC/C=C(Cl)/C=C/c1ccccc1. The molecule has 0 unspecified atom stereocenters. The highest BCUT2D eigenvalue weighted by atomic mass is 35.5. The molecule has 74 valence electrons. The first kappa shape index (κ1) is 11.1. The van der Waals surface area contributed by atoms with Crippen LogP contribution in [0.25, 0.3) is 6.08 Å². The number of halogens is 1. The van der Waals surface area contributed by atoms with E-state index >= 15 is 0 Å². The maximum absolute atomic E-state index is 5.98. The molecule has 0 fully saturated rings. The smallest absolute Gasteiger partial charge is 0.0366 e. The summed E-state index contributed by atoms with van der Waals surface area (Å²) in [4.78, 5) is 0. The van der Waals surface area contributed by atoms with E-state index in [0.29, 0.717) is 0 Å². The van der Waals surface area contributed by atoms with E-state index in [4.69, 9.17) is 11.6 Å². The van der Waals surface area contributed by atoms with Crippen LogP contribution in [0.2, 0.25) is 0 Å². The number of unbranched alkanes of at least 4 members (excludes halogenated alkanes) is 1. The molecule has 1 aromatic carbocycles. The molecule has 0 N–H and O–H groups in total. The van der Waals surface area contributed by atoms with Gasteiger partial charge in [0.15, 0.2) is 0 Å². The molecule has 0 aromatic heterocycles. The molecule has 0 aliphatic carbocycles. The van der Waals surface area contributed by atoms with Crippen molar-refractivity contribution in [1.29, 1.82) is 0 Å². The van der Waals surface area contributed by atoms with Crippen molar-refractivity contribution in [2.75, 3.05) is 0 Å². The molecule has 0 amide bonds. The van der Waals surface area contributed by atoms with Gasteiger partial charge in [0.1, 0.15) is 0 Å². The molecule has 0 heterocycles. The van der Waals surface area contributed by atoms with E-state index in [9.17, 15) is 0 Å². The van der Waals surface area contributed by atoms with Gasteiger partial charge in [0.05, 0.1) is 0 Å². The summed E-state index contributed by atoms with van der Waals surface area (Å²) in [7, 11) is 0. The fraction of sp³-hybridized carbons (Fsp3) is 0.231. The minimum Gasteiger partial charge on any atom is -0.0847 e. The maximum Gasteiger partial charge on any atom is 0.0366 e. The summed E-state index contributed by atoms with van der Waals surface area (Å²) in [6.45, 7) is 2.14. The Balaban J connectivity index is 2.56. The first-order chi connectivity index (χ1) is 6.83. The van der Waals surface area contributed by atoms with E-state index in [1.807, 2.05) is 36.4 Å². The molecule has 1 rings (SSSR count). The zero-order valence-corrected chi connectivity index (χ0v) is 9.17. The van der Waals surface area contributed by atoms with E-state index in [1.54, 1.807) is 0 Å². The van der Waals surface area contributed by atoms with Crippen LogP contribution in [0.15, 0.2) is 47.5 Å². The Kier molecular flexibility index (Phi) is 5.09. The number of hydrogen-bond donors (Lipinski definition) is 0. The fourth-order valence-electron chi connectivity index (χ4n) is 1.09. The lowest BCUT2D eigenvalue weighted by Crippen LogP contribution is -1.70. The average molecular weight is 207 g/mol. The van der Waals surface area contributed by atoms with E-state index in [-0.39, 0.29) is 0 Å². The third kappa shape index (κ3) is 4.29. The van der Waals surface area contributed by atoms with Crippen molar-refractivity contribution in [3.05, 3.63) is 53.1 Å². The van der Waals surface area contributed by atoms with Crippen LogP contribution in [0.4, 0.5) is 0 Å². The normalized spacial score (nSPS) is 12.3. The molecule has 0 radical (unpaired) electrons. The van der Waals surface area contributed by atoms with Crippen molar-refractivity contribution >= 4 is 17.7 Å². The number of allylic oxidation sites excluding steroid dienone is 3. The molecule has 0 atom stereocenters. The molecule has 0 spiro atoms. The summed E-state index contributed by atoms with van der Waals surface area (Å²) in [6.07, 6.45) is 8.18. The second-order valence-corrected chi connectivity index (χ2v) is 3.56. The standard InChI is InChI=1S/C13H15Cl/c1-2-3-9-13(14)11-10-12-7-5-4-6-8-12/h4-11H,2-3H2,1H3/b11-10+,13-9-. The lowest BCUT2D eigenvalue weighted by atomic mass is 10.2. The summed E-state index contributed by atoms with van der Waals surface area (Å²) >= 11 is 5.98. The molecule has 0 saturated carbocycles. The van der Waals surface area contributed by atoms with Crippen molar-refractivity contribution < 1.29 is 0 Å². The molecule has 14 heavy (non-hydrogen) atoms. The van der Waals surface area contributed by atoms with Crippen LogP contribution in [0.3, 0.4) is 0 Å². The highest BCUT2D eigenvalue weighted by molar-refractivity contribution is 6.31. The Labute approximate surface area is 90.9 Å². The van der Waals surface area contributed by atoms with Crippen LogP contribution in [-0.4, -0.2) is 0 Å². The van der Waals surface area contributed by atoms with Gasteiger partial charge >= 0.3 is 0 Å². The largest absolute Gasteiger partial charge is 0.0847 e. The van der Waals surface area contributed by atoms with Crippen LogP contribution in [0.1, 0.15) is 25.3 Å². The van der Waals surface area contributed by atoms with E-state index in [1.165, 1.54) is 5.56 Å². The third-order valence-electron chi connectivity index (χ3n) is 1.86. The maximum atomic E-state index is 5.98. The van der Waals surface area contributed by atoms with Crippen molar-refractivity contribution in [3.8, 4) is 0 Å². The molecule has 0 nitrogen and oxygen atoms in total. The Morgan fingerprint density at radius 3 is 2.64 bits per heavy atom. The topological polar surface area (TPSA) is 0 Å². The second-order valence-electron chi connectivity index (χ2n) is 3.12. The molecule has 0 saturated heterocycles. The molecular formula is C13H15Cl. The highest BCUT2D eigenvalue weighted by Gasteiger charge is 1.85. The van der Waals surface area contributed by atoms with Gasteiger partial charge in [0, 0.05) is 5.03 Å². The molecule has 1 heteroatoms. The van der Waals surface area contributed by atoms with Gasteiger partial charge in [-0.1, -0.05) is 67.4 Å². The Bertz CT molecular complexity index is 309. The molecule has 0 bridgehead atoms. The first-order valence-electron chi connectivity index (χ1n) is 4.91. The minimum absolute atomic E-state index is 0.815. The number of rotatable bonds is 4. The zero-order valence-electron chi connectivity index (χ0n) is 8.41. The van der Waals surface area contributed by atoms with Gasteiger partial charge < -0.3 is 0 Å². The van der Waals surface area contributed by atoms with E-state index in [2.05, 4.69) is 19.1 Å². The van der Waals surface area contributed by atoms with Crippen molar-refractivity contribution in [2.24, 2.45) is 0 Å². The Morgan fingerprint density at radius 2 is 2.00 bits per heavy atom. The predicted octanol–water partition coefficient (Wildman–Crippen LogP) is 4.62. The number of hydrogen-bond acceptors (Lipinski definition) is 0. The fourth-order valence-corrected chi connectivity index (χ4v) is 1.26. The second kappa shape index (κ2) is 6.44. The van der Waals surface area contributed by atoms with Gasteiger partial charge in [-0.3, -0.25) is 0 Å². The number of benzene rings is 1. The van der Waals surface area contributed by atoms with Crippen molar-refractivity contribution in [2.45, 2.75) is 19.8 Å². The summed E-state index contributed by atoms with van der Waals surface area (Å²) in [6, 6.07) is 10.2. The van der Waals surface area contributed by atoms with Crippen LogP contribution in [0.5, 0.6) is 0 Å². The molecule has 1 aromatic rings. The Morgan fingerprint density at radius 1 is 1.29 bits per heavy atom. The minimum atomic E-state index is 0.815. The van der Waals surface area contributed by atoms with Gasteiger partial charge in [-0.25, -0.2) is 0 Å². The van der Waals surface area contributed by atoms with Gasteiger partial charge in [0.2, 0.25) is 0 Å². The van der Waals surface area contributed by atoms with Gasteiger partial charge in [0.25, 0.3) is 0 Å². The molecule has 0 aliphatic heterocycles. The lowest BCUT2D eigenvalue weighted by Gasteiger charge is -1.91. The van der Waals surface area contributed by atoms with Crippen LogP contribution in [0, 0.1) is 0 Å².